The SMILES string of the molecule is COc1ccc(C2=NN(C(=O)CSc3nnc(CNC(=O)c4ccccc4)n3C)[C@@H](c3ccc(F)cc3)C2)cc1. The number of nitrogens with one attached hydrogen (secondary N) is 1. The van der Waals surface area contributed by atoms with Crippen molar-refractivity contribution in [2.45, 2.75) is 24.2 Å². The molecule has 1 aromatic heterocycles. The fourth-order valence-corrected chi connectivity index (χ4v) is 5.09. The lowest BCUT2D eigenvalue weighted by molar-refractivity contribution is -0.130. The lowest BCUT2D eigenvalue weighted by Gasteiger charge is -2.22. The van der Waals surface area contributed by atoms with E-state index in [1.807, 2.05) is 30.3 Å². The molecule has 0 radical (unpaired) electrons. The average Bonchev–Trinajstić information content (AvgIpc) is 3.59. The molecule has 204 valence electrons. The molecule has 0 bridgehead atoms. The zero-order valence-corrected chi connectivity index (χ0v) is 22.8. The lowest BCUT2D eigenvalue weighted by atomic mass is 9.98. The molecule has 2 amide bonds. The molecular formula is C29H27FN6O3S. The third kappa shape index (κ3) is 6.04. The highest BCUT2D eigenvalue weighted by molar-refractivity contribution is 7.99. The number of aromatic nitrogens is 3. The van der Waals surface area contributed by atoms with Crippen LogP contribution in [0.2, 0.25) is 0 Å². The summed E-state index contributed by atoms with van der Waals surface area (Å²) in [6.07, 6.45) is 0.490. The molecule has 0 fully saturated rings. The normalized spacial score (nSPS) is 14.6. The molecular weight excluding hydrogens is 531 g/mol. The number of methoxy groups -OCH3 is 1. The van der Waals surface area contributed by atoms with Gasteiger partial charge in [-0.3, -0.25) is 9.59 Å². The number of amides is 2. The molecule has 0 spiro atoms. The second-order valence-electron chi connectivity index (χ2n) is 9.08. The van der Waals surface area contributed by atoms with Crippen LogP contribution in [0.15, 0.2) is 89.1 Å². The van der Waals surface area contributed by atoms with Crippen molar-refractivity contribution < 1.29 is 18.7 Å². The number of halogens is 1. The molecule has 1 aliphatic heterocycles. The first kappa shape index (κ1) is 27.1. The van der Waals surface area contributed by atoms with Gasteiger partial charge in [0.05, 0.1) is 31.2 Å². The molecule has 1 N–H and O–H groups in total. The molecule has 0 saturated heterocycles. The van der Waals surface area contributed by atoms with Crippen molar-refractivity contribution in [1.82, 2.24) is 25.1 Å². The van der Waals surface area contributed by atoms with Gasteiger partial charge in [-0.2, -0.15) is 5.10 Å². The predicted molar refractivity (Wildman–Crippen MR) is 149 cm³/mol. The summed E-state index contributed by atoms with van der Waals surface area (Å²) in [6, 6.07) is 22.2. The molecule has 0 unspecified atom stereocenters. The largest absolute Gasteiger partial charge is 0.497 e. The second kappa shape index (κ2) is 12.1. The van der Waals surface area contributed by atoms with Gasteiger partial charge in [-0.15, -0.1) is 10.2 Å². The summed E-state index contributed by atoms with van der Waals surface area (Å²) in [7, 11) is 3.39. The van der Waals surface area contributed by atoms with Gasteiger partial charge in [0.2, 0.25) is 0 Å². The van der Waals surface area contributed by atoms with Crippen LogP contribution >= 0.6 is 11.8 Å². The van der Waals surface area contributed by atoms with Crippen molar-refractivity contribution in [2.24, 2.45) is 12.1 Å². The number of nitrogens with zero attached hydrogens (tertiary/aromatic N) is 5. The van der Waals surface area contributed by atoms with E-state index in [0.29, 0.717) is 23.0 Å². The van der Waals surface area contributed by atoms with E-state index in [-0.39, 0.29) is 36.0 Å². The van der Waals surface area contributed by atoms with E-state index in [2.05, 4.69) is 20.6 Å². The minimum absolute atomic E-state index is 0.0689. The summed E-state index contributed by atoms with van der Waals surface area (Å²) in [6.45, 7) is 0.194. The Bertz CT molecular complexity index is 1520. The molecule has 3 aromatic carbocycles. The Balaban J connectivity index is 1.27. The molecule has 5 rings (SSSR count). The van der Waals surface area contributed by atoms with E-state index in [4.69, 9.17) is 4.74 Å². The van der Waals surface area contributed by atoms with Crippen molar-refractivity contribution in [3.8, 4) is 5.75 Å². The fourth-order valence-electron chi connectivity index (χ4n) is 4.31. The van der Waals surface area contributed by atoms with Crippen LogP contribution in [-0.4, -0.2) is 50.2 Å². The Kier molecular flexibility index (Phi) is 8.20. The molecule has 40 heavy (non-hydrogen) atoms. The van der Waals surface area contributed by atoms with Crippen LogP contribution in [-0.2, 0) is 18.4 Å². The van der Waals surface area contributed by atoms with E-state index < -0.39 is 0 Å². The molecule has 11 heteroatoms. The van der Waals surface area contributed by atoms with Crippen LogP contribution in [0.4, 0.5) is 4.39 Å². The summed E-state index contributed by atoms with van der Waals surface area (Å²) >= 11 is 1.23. The highest BCUT2D eigenvalue weighted by Gasteiger charge is 2.33. The third-order valence-corrected chi connectivity index (χ3v) is 7.54. The van der Waals surface area contributed by atoms with Crippen LogP contribution in [0.25, 0.3) is 0 Å². The summed E-state index contributed by atoms with van der Waals surface area (Å²) in [5, 5.41) is 17.9. The number of carbonyl (C=O) groups is 2. The van der Waals surface area contributed by atoms with E-state index >= 15 is 0 Å². The van der Waals surface area contributed by atoms with Gasteiger partial charge >= 0.3 is 0 Å². The Hall–Kier alpha value is -4.51. The Labute approximate surface area is 235 Å². The van der Waals surface area contributed by atoms with E-state index in [1.54, 1.807) is 55.1 Å². The number of hydrazone groups is 1. The van der Waals surface area contributed by atoms with Gasteiger partial charge < -0.3 is 14.6 Å². The predicted octanol–water partition coefficient (Wildman–Crippen LogP) is 4.36. The van der Waals surface area contributed by atoms with Gasteiger partial charge in [0.15, 0.2) is 11.0 Å². The highest BCUT2D eigenvalue weighted by Crippen LogP contribution is 2.34. The number of thioether (sulfide) groups is 1. The van der Waals surface area contributed by atoms with Crippen molar-refractivity contribution in [1.29, 1.82) is 0 Å². The van der Waals surface area contributed by atoms with Crippen molar-refractivity contribution in [2.75, 3.05) is 12.9 Å². The molecule has 9 nitrogen and oxygen atoms in total. The van der Waals surface area contributed by atoms with Crippen LogP contribution < -0.4 is 10.1 Å². The van der Waals surface area contributed by atoms with Gasteiger partial charge in [0.1, 0.15) is 11.6 Å². The summed E-state index contributed by atoms with van der Waals surface area (Å²) in [5.41, 5.74) is 2.99. The smallest absolute Gasteiger partial charge is 0.253 e. The van der Waals surface area contributed by atoms with Gasteiger partial charge in [0, 0.05) is 19.0 Å². The van der Waals surface area contributed by atoms with Crippen molar-refractivity contribution in [3.05, 3.63) is 107 Å². The zero-order valence-electron chi connectivity index (χ0n) is 22.0. The average molecular weight is 559 g/mol. The number of hydrogen-bond acceptors (Lipinski definition) is 7. The Morgan fingerprint density at radius 1 is 1.02 bits per heavy atom. The number of ether oxygens (including phenoxy) is 1. The minimum atomic E-state index is -0.367. The first-order chi connectivity index (χ1) is 19.4. The minimum Gasteiger partial charge on any atom is -0.497 e. The Morgan fingerprint density at radius 2 is 1.75 bits per heavy atom. The number of hydrogen-bond donors (Lipinski definition) is 1. The van der Waals surface area contributed by atoms with E-state index in [0.717, 1.165) is 22.6 Å². The maximum absolute atomic E-state index is 13.6. The molecule has 4 aromatic rings. The van der Waals surface area contributed by atoms with Crippen molar-refractivity contribution >= 4 is 29.3 Å². The summed E-state index contributed by atoms with van der Waals surface area (Å²) in [5.74, 6) is 0.585. The topological polar surface area (TPSA) is 102 Å². The van der Waals surface area contributed by atoms with Crippen molar-refractivity contribution in [3.63, 3.8) is 0 Å². The lowest BCUT2D eigenvalue weighted by Crippen LogP contribution is -2.28. The maximum Gasteiger partial charge on any atom is 0.253 e. The van der Waals surface area contributed by atoms with Crippen LogP contribution in [0, 0.1) is 5.82 Å². The first-order valence-corrected chi connectivity index (χ1v) is 13.5. The van der Waals surface area contributed by atoms with Gasteiger partial charge in [-0.25, -0.2) is 9.40 Å². The van der Waals surface area contributed by atoms with Gasteiger partial charge in [-0.05, 0) is 59.7 Å². The monoisotopic (exact) mass is 558 g/mol. The second-order valence-corrected chi connectivity index (χ2v) is 10.0. The molecule has 1 aliphatic rings. The quantitative estimate of drug-likeness (QED) is 0.306. The Morgan fingerprint density at radius 3 is 2.45 bits per heavy atom. The van der Waals surface area contributed by atoms with E-state index in [9.17, 15) is 14.0 Å². The molecule has 1 atom stereocenters. The fraction of sp³-hybridized carbons (Fsp3) is 0.207. The maximum atomic E-state index is 13.6. The number of benzene rings is 3. The van der Waals surface area contributed by atoms with Gasteiger partial charge in [0.25, 0.3) is 11.8 Å². The standard InChI is InChI=1S/C29H27FN6O3S/c1-35-26(17-31-28(38)21-6-4-3-5-7-21)32-33-29(35)40-18-27(37)36-25(20-8-12-22(30)13-9-20)16-24(34-36)19-10-14-23(39-2)15-11-19/h3-15,25H,16-18H2,1-2H3,(H,31,38)/t25-/m1/s1. The molecule has 2 heterocycles. The number of rotatable bonds is 9. The summed E-state index contributed by atoms with van der Waals surface area (Å²) < 4.78 is 20.6. The van der Waals surface area contributed by atoms with Crippen LogP contribution in [0.1, 0.15) is 39.8 Å². The first-order valence-electron chi connectivity index (χ1n) is 12.6. The zero-order chi connectivity index (χ0) is 28.1. The van der Waals surface area contributed by atoms with Crippen LogP contribution in [0.3, 0.4) is 0 Å². The highest BCUT2D eigenvalue weighted by atomic mass is 32.2. The third-order valence-electron chi connectivity index (χ3n) is 6.54. The summed E-state index contributed by atoms with van der Waals surface area (Å²) in [4.78, 5) is 25.8. The molecule has 0 saturated carbocycles. The van der Waals surface area contributed by atoms with E-state index in [1.165, 1.54) is 28.9 Å². The molecule has 0 aliphatic carbocycles. The van der Waals surface area contributed by atoms with Crippen LogP contribution in [0.5, 0.6) is 5.75 Å². The number of carbonyl (C=O) groups excluding carboxylic acids is 2. The van der Waals surface area contributed by atoms with Gasteiger partial charge in [-0.1, -0.05) is 42.1 Å².